The first-order chi connectivity index (χ1) is 20.7. The Hall–Kier alpha value is -4.76. The summed E-state index contributed by atoms with van der Waals surface area (Å²) in [5.41, 5.74) is 8.37. The average molecular weight is 592 g/mol. The summed E-state index contributed by atoms with van der Waals surface area (Å²) in [7, 11) is 8.10. The van der Waals surface area contributed by atoms with Gasteiger partial charge in [-0.15, -0.1) is 0 Å². The highest BCUT2D eigenvalue weighted by molar-refractivity contribution is 7.07. The lowest BCUT2D eigenvalue weighted by atomic mass is 9.83. The summed E-state index contributed by atoms with van der Waals surface area (Å²) in [6.07, 6.45) is 6.79. The number of hydrogen-bond donors (Lipinski definition) is 0. The standard InChI is InChI=1S/C34H33N5O3S/c1-36(2)26-14-8-22(9-15-26)20-25-6-5-7-29-31(25)35-34-38(32(29)24-12-18-27(19-13-24)37(3)4)33(40)30(43-34)21-23-10-16-28(17-11-23)39(41)42/h8-21,32H,5-7H2,1-4H3/b25-20+,30-21-. The number of nitro groups is 1. The fourth-order valence-corrected chi connectivity index (χ4v) is 6.73. The van der Waals surface area contributed by atoms with Gasteiger partial charge in [-0.2, -0.15) is 0 Å². The zero-order chi connectivity index (χ0) is 30.2. The Balaban J connectivity index is 1.51. The molecule has 2 heterocycles. The van der Waals surface area contributed by atoms with Crippen LogP contribution < -0.4 is 24.7 Å². The van der Waals surface area contributed by atoms with Crippen molar-refractivity contribution in [3.05, 3.63) is 136 Å². The molecule has 1 atom stereocenters. The first kappa shape index (κ1) is 28.4. The first-order valence-corrected chi connectivity index (χ1v) is 15.1. The number of fused-ring (bicyclic) bond motifs is 1. The number of thiazole rings is 1. The fraction of sp³-hybridized carbons (Fsp3) is 0.235. The van der Waals surface area contributed by atoms with Crippen molar-refractivity contribution < 1.29 is 4.92 Å². The van der Waals surface area contributed by atoms with E-state index >= 15 is 0 Å². The summed E-state index contributed by atoms with van der Waals surface area (Å²) in [4.78, 5) is 34.6. The molecule has 9 heteroatoms. The summed E-state index contributed by atoms with van der Waals surface area (Å²) < 4.78 is 2.38. The zero-order valence-electron chi connectivity index (χ0n) is 24.7. The summed E-state index contributed by atoms with van der Waals surface area (Å²) in [5.74, 6) is 0. The summed E-state index contributed by atoms with van der Waals surface area (Å²) >= 11 is 1.36. The largest absolute Gasteiger partial charge is 0.378 e. The number of nitrogens with zero attached hydrogens (tertiary/aromatic N) is 5. The number of aromatic nitrogens is 1. The van der Waals surface area contributed by atoms with Crippen molar-refractivity contribution in [3.63, 3.8) is 0 Å². The Kier molecular flexibility index (Phi) is 7.58. The minimum atomic E-state index is -0.425. The Bertz CT molecular complexity index is 1930. The first-order valence-electron chi connectivity index (χ1n) is 14.2. The lowest BCUT2D eigenvalue weighted by Gasteiger charge is -2.31. The van der Waals surface area contributed by atoms with Crippen LogP contribution in [0.3, 0.4) is 0 Å². The van der Waals surface area contributed by atoms with Crippen LogP contribution in [0.25, 0.3) is 12.2 Å². The molecule has 1 aliphatic carbocycles. The van der Waals surface area contributed by atoms with Gasteiger partial charge in [-0.3, -0.25) is 19.5 Å². The van der Waals surface area contributed by atoms with Gasteiger partial charge in [0.25, 0.3) is 11.2 Å². The third-order valence-electron chi connectivity index (χ3n) is 8.01. The zero-order valence-corrected chi connectivity index (χ0v) is 25.5. The van der Waals surface area contributed by atoms with Gasteiger partial charge in [-0.05, 0) is 95.6 Å². The number of benzene rings is 3. The molecule has 0 saturated carbocycles. The molecule has 1 aromatic heterocycles. The van der Waals surface area contributed by atoms with Crippen molar-refractivity contribution in [3.8, 4) is 0 Å². The molecule has 43 heavy (non-hydrogen) atoms. The van der Waals surface area contributed by atoms with Gasteiger partial charge in [0.15, 0.2) is 4.80 Å². The van der Waals surface area contributed by atoms with Gasteiger partial charge in [0.05, 0.1) is 21.2 Å². The van der Waals surface area contributed by atoms with E-state index in [4.69, 9.17) is 4.99 Å². The van der Waals surface area contributed by atoms with Crippen LogP contribution in [0.2, 0.25) is 0 Å². The summed E-state index contributed by atoms with van der Waals surface area (Å²) in [5, 5.41) is 11.1. The molecule has 0 radical (unpaired) electrons. The fourth-order valence-electron chi connectivity index (χ4n) is 5.73. The molecule has 0 saturated heterocycles. The van der Waals surface area contributed by atoms with Crippen LogP contribution in [0.4, 0.5) is 17.1 Å². The number of hydrogen-bond acceptors (Lipinski definition) is 7. The van der Waals surface area contributed by atoms with Crippen LogP contribution in [-0.4, -0.2) is 37.7 Å². The molecule has 0 spiro atoms. The molecule has 4 aromatic rings. The second kappa shape index (κ2) is 11.5. The van der Waals surface area contributed by atoms with Gasteiger partial charge < -0.3 is 9.80 Å². The molecule has 218 valence electrons. The van der Waals surface area contributed by atoms with Crippen molar-refractivity contribution in [2.75, 3.05) is 38.0 Å². The minimum Gasteiger partial charge on any atom is -0.378 e. The Morgan fingerprint density at radius 3 is 2.05 bits per heavy atom. The molecule has 1 aliphatic heterocycles. The smallest absolute Gasteiger partial charge is 0.271 e. The third kappa shape index (κ3) is 5.56. The molecule has 2 aliphatic rings. The van der Waals surface area contributed by atoms with Gasteiger partial charge in [0, 0.05) is 51.7 Å². The minimum absolute atomic E-state index is 0.0168. The maximum atomic E-state index is 14.0. The SMILES string of the molecule is CN(C)c1ccc(/C=C2\CCCC3=C2N=c2s/c(=C\c4ccc([N+](=O)[O-])cc4)c(=O)n2C3c2ccc(N(C)C)cc2)cc1. The Morgan fingerprint density at radius 2 is 1.44 bits per heavy atom. The van der Waals surface area contributed by atoms with Gasteiger partial charge in [-0.1, -0.05) is 35.6 Å². The van der Waals surface area contributed by atoms with E-state index in [0.717, 1.165) is 58.6 Å². The predicted octanol–water partition coefficient (Wildman–Crippen LogP) is 5.52. The van der Waals surface area contributed by atoms with Gasteiger partial charge >= 0.3 is 0 Å². The number of non-ortho nitro benzene ring substituents is 1. The summed E-state index contributed by atoms with van der Waals surface area (Å²) in [6.45, 7) is 0. The van der Waals surface area contributed by atoms with Crippen LogP contribution in [-0.2, 0) is 0 Å². The van der Waals surface area contributed by atoms with E-state index in [2.05, 4.69) is 64.4 Å². The average Bonchev–Trinajstić information content (AvgIpc) is 3.31. The maximum absolute atomic E-state index is 14.0. The van der Waals surface area contributed by atoms with E-state index in [-0.39, 0.29) is 17.3 Å². The van der Waals surface area contributed by atoms with Crippen LogP contribution in [0.5, 0.6) is 0 Å². The number of nitro benzene ring substituents is 1. The highest BCUT2D eigenvalue weighted by Crippen LogP contribution is 2.41. The molecule has 0 amide bonds. The van der Waals surface area contributed by atoms with Crippen LogP contribution in [0.15, 0.2) is 99.4 Å². The van der Waals surface area contributed by atoms with E-state index < -0.39 is 4.92 Å². The van der Waals surface area contributed by atoms with E-state index in [1.54, 1.807) is 18.2 Å². The van der Waals surface area contributed by atoms with Crippen molar-refractivity contribution in [1.82, 2.24) is 4.57 Å². The highest BCUT2D eigenvalue weighted by atomic mass is 32.1. The van der Waals surface area contributed by atoms with Crippen molar-refractivity contribution in [1.29, 1.82) is 0 Å². The quantitative estimate of drug-likeness (QED) is 0.218. The third-order valence-corrected chi connectivity index (χ3v) is 8.99. The van der Waals surface area contributed by atoms with E-state index in [1.165, 1.54) is 29.0 Å². The summed E-state index contributed by atoms with van der Waals surface area (Å²) in [6, 6.07) is 22.9. The molecular weight excluding hydrogens is 558 g/mol. The molecule has 8 nitrogen and oxygen atoms in total. The lowest BCUT2D eigenvalue weighted by molar-refractivity contribution is -0.384. The lowest BCUT2D eigenvalue weighted by Crippen LogP contribution is -2.39. The molecule has 0 fully saturated rings. The van der Waals surface area contributed by atoms with Crippen LogP contribution >= 0.6 is 11.3 Å². The van der Waals surface area contributed by atoms with E-state index in [1.807, 2.05) is 32.8 Å². The second-order valence-corrected chi connectivity index (χ2v) is 12.3. The Labute approximate surface area is 254 Å². The molecule has 1 unspecified atom stereocenters. The number of allylic oxidation sites excluding steroid dienone is 2. The second-order valence-electron chi connectivity index (χ2n) is 11.3. The molecule has 0 N–H and O–H groups in total. The Morgan fingerprint density at radius 1 is 0.860 bits per heavy atom. The highest BCUT2D eigenvalue weighted by Gasteiger charge is 2.32. The molecule has 0 bridgehead atoms. The molecule has 3 aromatic carbocycles. The predicted molar refractivity (Wildman–Crippen MR) is 175 cm³/mol. The van der Waals surface area contributed by atoms with E-state index in [9.17, 15) is 14.9 Å². The topological polar surface area (TPSA) is 84.0 Å². The number of anilines is 2. The van der Waals surface area contributed by atoms with Crippen molar-refractivity contribution in [2.24, 2.45) is 4.99 Å². The molecule has 6 rings (SSSR count). The molecular formula is C34H33N5O3S. The van der Waals surface area contributed by atoms with Crippen LogP contribution in [0, 0.1) is 10.1 Å². The van der Waals surface area contributed by atoms with Crippen molar-refractivity contribution >= 4 is 40.6 Å². The number of rotatable bonds is 6. The monoisotopic (exact) mass is 591 g/mol. The van der Waals surface area contributed by atoms with Crippen molar-refractivity contribution in [2.45, 2.75) is 25.3 Å². The van der Waals surface area contributed by atoms with Gasteiger partial charge in [0.2, 0.25) is 0 Å². The van der Waals surface area contributed by atoms with Crippen LogP contribution in [0.1, 0.15) is 42.0 Å². The maximum Gasteiger partial charge on any atom is 0.271 e. The normalized spacial score (nSPS) is 17.3. The van der Waals surface area contributed by atoms with Gasteiger partial charge in [0.1, 0.15) is 0 Å². The van der Waals surface area contributed by atoms with Gasteiger partial charge in [-0.25, -0.2) is 4.99 Å². The van der Waals surface area contributed by atoms with E-state index in [0.29, 0.717) is 9.33 Å².